The van der Waals surface area contributed by atoms with Crippen LogP contribution in [0.4, 0.5) is 8.78 Å². The van der Waals surface area contributed by atoms with Crippen LogP contribution in [0.3, 0.4) is 0 Å². The summed E-state index contributed by atoms with van der Waals surface area (Å²) in [7, 11) is 0. The van der Waals surface area contributed by atoms with E-state index in [-0.39, 0.29) is 17.5 Å². The summed E-state index contributed by atoms with van der Waals surface area (Å²) in [5.41, 5.74) is 2.84. The predicted octanol–water partition coefficient (Wildman–Crippen LogP) is 3.99. The average Bonchev–Trinajstić information content (AvgIpc) is 3.23. The number of aromatic amines is 1. The maximum Gasteiger partial charge on any atom is 0.270 e. The Morgan fingerprint density at radius 3 is 2.62 bits per heavy atom. The minimum Gasteiger partial charge on any atom is -0.350 e. The standard InChI is InChI=1S/C19H14F2N2O/c20-14-6-4-12(5-7-14)13-8-9-23(11-13)19(24)18-10-15-16(21)2-1-3-17(15)22-18/h1-8,10,22H,9,11H2. The normalized spacial score (nSPS) is 14.2. The molecule has 1 aliphatic heterocycles. The minimum absolute atomic E-state index is 0.182. The summed E-state index contributed by atoms with van der Waals surface area (Å²) in [4.78, 5) is 17.3. The maximum atomic E-state index is 13.8. The molecular weight excluding hydrogens is 310 g/mol. The second-order valence-corrected chi connectivity index (χ2v) is 5.81. The van der Waals surface area contributed by atoms with Crippen LogP contribution in [0.2, 0.25) is 0 Å². The van der Waals surface area contributed by atoms with E-state index in [2.05, 4.69) is 4.98 Å². The molecule has 0 atom stereocenters. The van der Waals surface area contributed by atoms with E-state index >= 15 is 0 Å². The van der Waals surface area contributed by atoms with Gasteiger partial charge in [-0.05, 0) is 41.5 Å². The Morgan fingerprint density at radius 2 is 1.88 bits per heavy atom. The summed E-state index contributed by atoms with van der Waals surface area (Å²) in [5.74, 6) is -0.821. The fraction of sp³-hybridized carbons (Fsp3) is 0.105. The van der Waals surface area contributed by atoms with Crippen molar-refractivity contribution in [1.29, 1.82) is 0 Å². The fourth-order valence-electron chi connectivity index (χ4n) is 2.99. The first kappa shape index (κ1) is 14.6. The van der Waals surface area contributed by atoms with E-state index in [0.29, 0.717) is 29.7 Å². The van der Waals surface area contributed by atoms with Gasteiger partial charge in [0.25, 0.3) is 5.91 Å². The number of nitrogens with zero attached hydrogens (tertiary/aromatic N) is 1. The highest BCUT2D eigenvalue weighted by molar-refractivity contribution is 5.99. The number of carbonyl (C=O) groups is 1. The summed E-state index contributed by atoms with van der Waals surface area (Å²) in [6.45, 7) is 0.922. The van der Waals surface area contributed by atoms with Gasteiger partial charge < -0.3 is 9.88 Å². The highest BCUT2D eigenvalue weighted by Gasteiger charge is 2.23. The van der Waals surface area contributed by atoms with Gasteiger partial charge in [-0.15, -0.1) is 0 Å². The van der Waals surface area contributed by atoms with Gasteiger partial charge in [0.05, 0.1) is 0 Å². The molecule has 0 aliphatic carbocycles. The van der Waals surface area contributed by atoms with Crippen LogP contribution in [0.25, 0.3) is 16.5 Å². The first-order valence-corrected chi connectivity index (χ1v) is 7.63. The van der Waals surface area contributed by atoms with Crippen molar-refractivity contribution in [2.24, 2.45) is 0 Å². The van der Waals surface area contributed by atoms with Crippen molar-refractivity contribution < 1.29 is 13.6 Å². The number of fused-ring (bicyclic) bond motifs is 1. The Hall–Kier alpha value is -2.95. The number of amides is 1. The monoisotopic (exact) mass is 324 g/mol. The Morgan fingerprint density at radius 1 is 1.08 bits per heavy atom. The summed E-state index contributed by atoms with van der Waals surface area (Å²) in [6.07, 6.45) is 1.95. The van der Waals surface area contributed by atoms with Crippen LogP contribution in [0.15, 0.2) is 54.6 Å². The molecule has 5 heteroatoms. The van der Waals surface area contributed by atoms with E-state index in [9.17, 15) is 13.6 Å². The molecule has 2 heterocycles. The number of carbonyl (C=O) groups excluding carboxylic acids is 1. The zero-order chi connectivity index (χ0) is 16.7. The van der Waals surface area contributed by atoms with Gasteiger partial charge in [-0.3, -0.25) is 4.79 Å². The van der Waals surface area contributed by atoms with Gasteiger partial charge in [0, 0.05) is 24.0 Å². The largest absolute Gasteiger partial charge is 0.350 e. The highest BCUT2D eigenvalue weighted by atomic mass is 19.1. The smallest absolute Gasteiger partial charge is 0.270 e. The van der Waals surface area contributed by atoms with Crippen LogP contribution in [0, 0.1) is 11.6 Å². The second kappa shape index (κ2) is 5.60. The first-order valence-electron chi connectivity index (χ1n) is 7.63. The molecule has 0 radical (unpaired) electrons. The van der Waals surface area contributed by atoms with E-state index in [0.717, 1.165) is 11.1 Å². The molecule has 1 amide bonds. The molecule has 0 fully saturated rings. The van der Waals surface area contributed by atoms with Gasteiger partial charge in [0.15, 0.2) is 0 Å². The number of hydrogen-bond acceptors (Lipinski definition) is 1. The summed E-state index contributed by atoms with van der Waals surface area (Å²) < 4.78 is 26.8. The van der Waals surface area contributed by atoms with E-state index in [1.807, 2.05) is 6.08 Å². The van der Waals surface area contributed by atoms with E-state index in [1.165, 1.54) is 18.2 Å². The molecule has 4 rings (SSSR count). The zero-order valence-corrected chi connectivity index (χ0v) is 12.7. The van der Waals surface area contributed by atoms with Gasteiger partial charge in [0.1, 0.15) is 17.3 Å². The third-order valence-electron chi connectivity index (χ3n) is 4.26. The highest BCUT2D eigenvalue weighted by Crippen LogP contribution is 2.24. The first-order chi connectivity index (χ1) is 11.6. The molecule has 1 N–H and O–H groups in total. The van der Waals surface area contributed by atoms with Crippen LogP contribution in [0.5, 0.6) is 0 Å². The number of H-pyrrole nitrogens is 1. The molecule has 0 spiro atoms. The van der Waals surface area contributed by atoms with Crippen LogP contribution in [-0.2, 0) is 0 Å². The molecule has 1 aliphatic rings. The maximum absolute atomic E-state index is 13.8. The molecule has 2 aromatic carbocycles. The minimum atomic E-state index is -0.352. The number of halogens is 2. The van der Waals surface area contributed by atoms with Gasteiger partial charge in [-0.2, -0.15) is 0 Å². The molecule has 3 nitrogen and oxygen atoms in total. The molecule has 3 aromatic rings. The molecule has 0 saturated carbocycles. The average molecular weight is 324 g/mol. The van der Waals surface area contributed by atoms with Crippen molar-refractivity contribution in [3.8, 4) is 0 Å². The molecule has 0 unspecified atom stereocenters. The Bertz CT molecular complexity index is 957. The number of aromatic nitrogens is 1. The van der Waals surface area contributed by atoms with Crippen molar-refractivity contribution in [2.45, 2.75) is 0 Å². The summed E-state index contributed by atoms with van der Waals surface area (Å²) in [6, 6.07) is 12.5. The topological polar surface area (TPSA) is 36.1 Å². The third-order valence-corrected chi connectivity index (χ3v) is 4.26. The summed E-state index contributed by atoms with van der Waals surface area (Å²) in [5, 5.41) is 0.409. The van der Waals surface area contributed by atoms with Gasteiger partial charge in [0.2, 0.25) is 0 Å². The number of benzene rings is 2. The van der Waals surface area contributed by atoms with Crippen molar-refractivity contribution in [2.75, 3.05) is 13.1 Å². The Kier molecular flexibility index (Phi) is 3.41. The van der Waals surface area contributed by atoms with Crippen molar-refractivity contribution in [3.63, 3.8) is 0 Å². The van der Waals surface area contributed by atoms with E-state index < -0.39 is 0 Å². The SMILES string of the molecule is O=C(c1cc2c(F)cccc2[nH]1)N1CC=C(c2ccc(F)cc2)C1. The fourth-order valence-corrected chi connectivity index (χ4v) is 2.99. The molecule has 120 valence electrons. The quantitative estimate of drug-likeness (QED) is 0.760. The van der Waals surface area contributed by atoms with Gasteiger partial charge in [-0.1, -0.05) is 24.3 Å². The Labute approximate surface area is 137 Å². The summed E-state index contributed by atoms with van der Waals surface area (Å²) >= 11 is 0. The van der Waals surface area contributed by atoms with Crippen molar-refractivity contribution in [1.82, 2.24) is 9.88 Å². The lowest BCUT2D eigenvalue weighted by Crippen LogP contribution is -2.29. The van der Waals surface area contributed by atoms with Gasteiger partial charge >= 0.3 is 0 Å². The van der Waals surface area contributed by atoms with Crippen LogP contribution in [-0.4, -0.2) is 28.9 Å². The number of rotatable bonds is 2. The van der Waals surface area contributed by atoms with Crippen molar-refractivity contribution in [3.05, 3.63) is 77.5 Å². The second-order valence-electron chi connectivity index (χ2n) is 5.81. The zero-order valence-electron chi connectivity index (χ0n) is 12.7. The molecule has 24 heavy (non-hydrogen) atoms. The van der Waals surface area contributed by atoms with Crippen LogP contribution < -0.4 is 0 Å². The van der Waals surface area contributed by atoms with Gasteiger partial charge in [-0.25, -0.2) is 8.78 Å². The molecular formula is C19H14F2N2O. The lowest BCUT2D eigenvalue weighted by atomic mass is 10.1. The van der Waals surface area contributed by atoms with E-state index in [1.54, 1.807) is 35.2 Å². The molecule has 0 saturated heterocycles. The van der Waals surface area contributed by atoms with Crippen molar-refractivity contribution >= 4 is 22.4 Å². The lowest BCUT2D eigenvalue weighted by molar-refractivity contribution is 0.0796. The number of hydrogen-bond donors (Lipinski definition) is 1. The third kappa shape index (κ3) is 2.48. The number of nitrogens with one attached hydrogen (secondary N) is 1. The molecule has 1 aromatic heterocycles. The lowest BCUT2D eigenvalue weighted by Gasteiger charge is -2.15. The van der Waals surface area contributed by atoms with E-state index in [4.69, 9.17) is 0 Å². The Balaban J connectivity index is 1.55. The van der Waals surface area contributed by atoms with Crippen LogP contribution >= 0.6 is 0 Å². The predicted molar refractivity (Wildman–Crippen MR) is 88.5 cm³/mol. The van der Waals surface area contributed by atoms with Crippen LogP contribution in [0.1, 0.15) is 16.1 Å². The molecule has 0 bridgehead atoms.